The Morgan fingerprint density at radius 2 is 1.80 bits per heavy atom. The number of nitrogens with zero attached hydrogens (tertiary/aromatic N) is 2. The van der Waals surface area contributed by atoms with Crippen molar-refractivity contribution in [2.75, 3.05) is 51.8 Å². The Bertz CT molecular complexity index is 546. The van der Waals surface area contributed by atoms with Crippen molar-refractivity contribution in [3.63, 3.8) is 0 Å². The van der Waals surface area contributed by atoms with Crippen LogP contribution in [0, 0.1) is 0 Å². The lowest BCUT2D eigenvalue weighted by Crippen LogP contribution is -2.49. The number of rotatable bonds is 5. The van der Waals surface area contributed by atoms with E-state index in [0.29, 0.717) is 6.54 Å². The summed E-state index contributed by atoms with van der Waals surface area (Å²) in [6.07, 6.45) is 0. The van der Waals surface area contributed by atoms with Crippen LogP contribution in [0.4, 0.5) is 10.5 Å². The molecule has 1 atom stereocenters. The summed E-state index contributed by atoms with van der Waals surface area (Å²) in [5.41, 5.74) is 2.14. The first-order valence-corrected chi connectivity index (χ1v) is 8.91. The van der Waals surface area contributed by atoms with Gasteiger partial charge in [-0.2, -0.15) is 0 Å². The molecule has 6 nitrogen and oxygen atoms in total. The highest BCUT2D eigenvalue weighted by Gasteiger charge is 2.24. The third-order valence-electron chi connectivity index (χ3n) is 4.23. The molecule has 2 rings (SSSR count). The van der Waals surface area contributed by atoms with Crippen LogP contribution >= 0.6 is 0 Å². The van der Waals surface area contributed by atoms with Gasteiger partial charge in [0.25, 0.3) is 0 Å². The predicted molar refractivity (Wildman–Crippen MR) is 102 cm³/mol. The van der Waals surface area contributed by atoms with E-state index in [1.165, 1.54) is 11.3 Å². The summed E-state index contributed by atoms with van der Waals surface area (Å²) in [6, 6.07) is 8.56. The Morgan fingerprint density at radius 3 is 2.32 bits per heavy atom. The van der Waals surface area contributed by atoms with Crippen LogP contribution in [0.5, 0.6) is 0 Å². The Morgan fingerprint density at radius 1 is 1.20 bits per heavy atom. The van der Waals surface area contributed by atoms with Gasteiger partial charge in [-0.3, -0.25) is 4.90 Å². The van der Waals surface area contributed by atoms with Gasteiger partial charge < -0.3 is 20.3 Å². The Kier molecular flexibility index (Phi) is 6.67. The molecule has 6 heteroatoms. The van der Waals surface area contributed by atoms with Gasteiger partial charge in [0, 0.05) is 45.0 Å². The molecule has 0 aliphatic carbocycles. The lowest BCUT2D eigenvalue weighted by atomic mass is 10.0. The van der Waals surface area contributed by atoms with Gasteiger partial charge in [-0.25, -0.2) is 4.79 Å². The number of ether oxygens (including phenoxy) is 1. The maximum absolute atomic E-state index is 12.1. The van der Waals surface area contributed by atoms with Crippen LogP contribution in [0.25, 0.3) is 0 Å². The molecule has 140 valence electrons. The van der Waals surface area contributed by atoms with Crippen molar-refractivity contribution in [3.05, 3.63) is 29.8 Å². The van der Waals surface area contributed by atoms with Crippen LogP contribution in [-0.2, 0) is 4.74 Å². The SMILES string of the molecule is CN(C)c1ccc([C@@H](CNC(=O)NC(C)(C)C)N2CCOCC2)cc1. The van der Waals surface area contributed by atoms with Gasteiger partial charge in [0.2, 0.25) is 0 Å². The third-order valence-corrected chi connectivity index (χ3v) is 4.23. The average molecular weight is 348 g/mol. The van der Waals surface area contributed by atoms with E-state index >= 15 is 0 Å². The number of nitrogens with one attached hydrogen (secondary N) is 2. The summed E-state index contributed by atoms with van der Waals surface area (Å²) in [5, 5.41) is 5.98. The fourth-order valence-corrected chi connectivity index (χ4v) is 2.92. The first kappa shape index (κ1) is 19.5. The van der Waals surface area contributed by atoms with Gasteiger partial charge in [-0.05, 0) is 38.5 Å². The molecule has 1 heterocycles. The summed E-state index contributed by atoms with van der Waals surface area (Å²) in [6.45, 7) is 9.74. The summed E-state index contributed by atoms with van der Waals surface area (Å²) < 4.78 is 5.48. The lowest BCUT2D eigenvalue weighted by molar-refractivity contribution is 0.0167. The van der Waals surface area contributed by atoms with E-state index in [2.05, 4.69) is 44.7 Å². The zero-order chi connectivity index (χ0) is 18.4. The first-order chi connectivity index (χ1) is 11.8. The van der Waals surface area contributed by atoms with Crippen molar-refractivity contribution >= 4 is 11.7 Å². The average Bonchev–Trinajstić information content (AvgIpc) is 2.55. The minimum Gasteiger partial charge on any atom is -0.379 e. The summed E-state index contributed by atoms with van der Waals surface area (Å²) in [7, 11) is 4.07. The summed E-state index contributed by atoms with van der Waals surface area (Å²) in [4.78, 5) is 16.6. The Labute approximate surface area is 151 Å². The topological polar surface area (TPSA) is 56.8 Å². The van der Waals surface area contributed by atoms with Crippen LogP contribution in [0.3, 0.4) is 0 Å². The number of morpholine rings is 1. The maximum atomic E-state index is 12.1. The molecule has 1 aliphatic rings. The number of urea groups is 1. The molecule has 2 N–H and O–H groups in total. The second-order valence-electron chi connectivity index (χ2n) is 7.74. The molecular weight excluding hydrogens is 316 g/mol. The van der Waals surface area contributed by atoms with Crippen LogP contribution in [-0.4, -0.2) is 63.4 Å². The summed E-state index contributed by atoms with van der Waals surface area (Å²) in [5.74, 6) is 0. The van der Waals surface area contributed by atoms with Crippen LogP contribution < -0.4 is 15.5 Å². The van der Waals surface area contributed by atoms with Crippen LogP contribution in [0.2, 0.25) is 0 Å². The van der Waals surface area contributed by atoms with Crippen LogP contribution in [0.1, 0.15) is 32.4 Å². The highest BCUT2D eigenvalue weighted by Crippen LogP contribution is 2.23. The minimum absolute atomic E-state index is 0.129. The largest absolute Gasteiger partial charge is 0.379 e. The van der Waals surface area contributed by atoms with Crippen molar-refractivity contribution in [1.82, 2.24) is 15.5 Å². The summed E-state index contributed by atoms with van der Waals surface area (Å²) >= 11 is 0. The molecule has 0 aromatic heterocycles. The molecule has 1 fully saturated rings. The lowest BCUT2D eigenvalue weighted by Gasteiger charge is -2.35. The van der Waals surface area contributed by atoms with Crippen molar-refractivity contribution in [1.29, 1.82) is 0 Å². The molecule has 0 saturated carbocycles. The second-order valence-corrected chi connectivity index (χ2v) is 7.74. The van der Waals surface area contributed by atoms with Gasteiger partial charge in [-0.15, -0.1) is 0 Å². The number of carbonyl (C=O) groups excluding carboxylic acids is 1. The Balaban J connectivity index is 2.08. The number of hydrogen-bond donors (Lipinski definition) is 2. The third kappa shape index (κ3) is 6.21. The smallest absolute Gasteiger partial charge is 0.315 e. The van der Waals surface area contributed by atoms with E-state index in [1.54, 1.807) is 0 Å². The number of carbonyl (C=O) groups is 1. The molecule has 1 saturated heterocycles. The van der Waals surface area contributed by atoms with Gasteiger partial charge in [0.1, 0.15) is 0 Å². The van der Waals surface area contributed by atoms with E-state index in [4.69, 9.17) is 4.74 Å². The van der Waals surface area contributed by atoms with E-state index in [1.807, 2.05) is 34.9 Å². The van der Waals surface area contributed by atoms with E-state index in [-0.39, 0.29) is 17.6 Å². The molecule has 2 amide bonds. The number of anilines is 1. The van der Waals surface area contributed by atoms with Gasteiger partial charge >= 0.3 is 6.03 Å². The molecule has 1 aromatic carbocycles. The van der Waals surface area contributed by atoms with Crippen LogP contribution in [0.15, 0.2) is 24.3 Å². The minimum atomic E-state index is -0.244. The Hall–Kier alpha value is -1.79. The van der Waals surface area contributed by atoms with Gasteiger partial charge in [-0.1, -0.05) is 12.1 Å². The zero-order valence-electron chi connectivity index (χ0n) is 16.1. The molecule has 1 aliphatic heterocycles. The predicted octanol–water partition coefficient (Wildman–Crippen LogP) is 2.22. The highest BCUT2D eigenvalue weighted by molar-refractivity contribution is 5.74. The van der Waals surface area contributed by atoms with Crippen molar-refractivity contribution in [3.8, 4) is 0 Å². The fourth-order valence-electron chi connectivity index (χ4n) is 2.92. The first-order valence-electron chi connectivity index (χ1n) is 8.91. The standard InChI is InChI=1S/C19H32N4O2/c1-19(2,3)21-18(24)20-14-17(23-10-12-25-13-11-23)15-6-8-16(9-7-15)22(4)5/h6-9,17H,10-14H2,1-5H3,(H2,20,21,24)/t17-/m1/s1. The molecule has 0 bridgehead atoms. The molecule has 0 radical (unpaired) electrons. The quantitative estimate of drug-likeness (QED) is 0.857. The van der Waals surface area contributed by atoms with Crippen molar-refractivity contribution in [2.24, 2.45) is 0 Å². The molecule has 25 heavy (non-hydrogen) atoms. The highest BCUT2D eigenvalue weighted by atomic mass is 16.5. The molecule has 1 aromatic rings. The van der Waals surface area contributed by atoms with Crippen molar-refractivity contribution in [2.45, 2.75) is 32.4 Å². The number of hydrogen-bond acceptors (Lipinski definition) is 4. The zero-order valence-corrected chi connectivity index (χ0v) is 16.1. The van der Waals surface area contributed by atoms with E-state index in [9.17, 15) is 4.79 Å². The van der Waals surface area contributed by atoms with Crippen molar-refractivity contribution < 1.29 is 9.53 Å². The maximum Gasteiger partial charge on any atom is 0.315 e. The molecule has 0 spiro atoms. The van der Waals surface area contributed by atoms with E-state index in [0.717, 1.165) is 26.3 Å². The monoisotopic (exact) mass is 348 g/mol. The van der Waals surface area contributed by atoms with Gasteiger partial charge in [0.05, 0.1) is 19.3 Å². The second kappa shape index (κ2) is 8.54. The van der Waals surface area contributed by atoms with Gasteiger partial charge in [0.15, 0.2) is 0 Å². The molecular formula is C19H32N4O2. The van der Waals surface area contributed by atoms with E-state index < -0.39 is 0 Å². The number of benzene rings is 1. The normalized spacial score (nSPS) is 17.0. The molecule has 0 unspecified atom stereocenters. The number of amides is 2. The fraction of sp³-hybridized carbons (Fsp3) is 0.632.